The predicted molar refractivity (Wildman–Crippen MR) is 302 cm³/mol. The summed E-state index contributed by atoms with van der Waals surface area (Å²) in [5.41, 5.74) is 0. The van der Waals surface area contributed by atoms with Crippen LogP contribution in [0.1, 0.15) is 284 Å². The summed E-state index contributed by atoms with van der Waals surface area (Å²) in [6, 6.07) is 0. The van der Waals surface area contributed by atoms with Gasteiger partial charge in [-0.1, -0.05) is 254 Å². The average molecular weight is 976 g/mol. The molecule has 0 saturated carbocycles. The Morgan fingerprint density at radius 3 is 0.886 bits per heavy atom. The number of carbonyl (C=O) groups excluding carboxylic acids is 3. The molecule has 0 amide bonds. The summed E-state index contributed by atoms with van der Waals surface area (Å²) >= 11 is 0. The lowest BCUT2D eigenvalue weighted by atomic mass is 10.1. The first-order valence-electron chi connectivity index (χ1n) is 29.7. The molecule has 0 radical (unpaired) electrons. The maximum absolute atomic E-state index is 12.9. The first-order chi connectivity index (χ1) is 34.5. The minimum atomic E-state index is -0.797. The summed E-state index contributed by atoms with van der Waals surface area (Å²) < 4.78 is 16.9. The first kappa shape index (κ1) is 66.6. The van der Waals surface area contributed by atoms with Crippen molar-refractivity contribution in [3.63, 3.8) is 0 Å². The van der Waals surface area contributed by atoms with Crippen molar-refractivity contribution in [2.24, 2.45) is 0 Å². The second-order valence-corrected chi connectivity index (χ2v) is 19.7. The number of carbonyl (C=O) groups is 3. The van der Waals surface area contributed by atoms with E-state index >= 15 is 0 Å². The lowest BCUT2D eigenvalue weighted by Gasteiger charge is -2.18. The summed E-state index contributed by atoms with van der Waals surface area (Å²) in [5.74, 6) is -0.924. The summed E-state index contributed by atoms with van der Waals surface area (Å²) in [4.78, 5) is 38.2. The quantitative estimate of drug-likeness (QED) is 0.0199. The summed E-state index contributed by atoms with van der Waals surface area (Å²) in [6.45, 7) is 6.56. The molecule has 0 aromatic heterocycles. The van der Waals surface area contributed by atoms with Gasteiger partial charge in [-0.3, -0.25) is 14.4 Å². The maximum Gasteiger partial charge on any atom is 0.306 e. The van der Waals surface area contributed by atoms with E-state index in [0.717, 1.165) is 89.9 Å². The van der Waals surface area contributed by atoms with Crippen molar-refractivity contribution in [2.45, 2.75) is 290 Å². The lowest BCUT2D eigenvalue weighted by Crippen LogP contribution is -2.30. The third-order valence-corrected chi connectivity index (χ3v) is 12.7. The largest absolute Gasteiger partial charge is 0.462 e. The van der Waals surface area contributed by atoms with Gasteiger partial charge in [0.15, 0.2) is 6.10 Å². The molecule has 0 aliphatic rings. The minimum absolute atomic E-state index is 0.0922. The molecule has 0 bridgehead atoms. The second kappa shape index (κ2) is 58.2. The number of hydrogen-bond donors (Lipinski definition) is 0. The normalized spacial score (nSPS) is 12.7. The molecule has 0 aliphatic carbocycles. The number of ether oxygens (including phenoxy) is 3. The highest BCUT2D eigenvalue weighted by Gasteiger charge is 2.19. The van der Waals surface area contributed by atoms with Gasteiger partial charge in [0.2, 0.25) is 0 Å². The van der Waals surface area contributed by atoms with Gasteiger partial charge in [0.1, 0.15) is 13.2 Å². The van der Waals surface area contributed by atoms with E-state index in [1.54, 1.807) is 0 Å². The van der Waals surface area contributed by atoms with Crippen molar-refractivity contribution in [1.29, 1.82) is 0 Å². The van der Waals surface area contributed by atoms with E-state index in [4.69, 9.17) is 14.2 Å². The molecule has 70 heavy (non-hydrogen) atoms. The average Bonchev–Trinajstić information content (AvgIpc) is 3.36. The number of hydrogen-bond acceptors (Lipinski definition) is 6. The van der Waals surface area contributed by atoms with Crippen molar-refractivity contribution >= 4 is 17.9 Å². The van der Waals surface area contributed by atoms with Crippen LogP contribution in [0.3, 0.4) is 0 Å². The van der Waals surface area contributed by atoms with Crippen molar-refractivity contribution in [2.75, 3.05) is 13.2 Å². The molecule has 0 aromatic carbocycles. The van der Waals surface area contributed by atoms with E-state index in [0.29, 0.717) is 19.3 Å². The van der Waals surface area contributed by atoms with Gasteiger partial charge in [0, 0.05) is 19.3 Å². The minimum Gasteiger partial charge on any atom is -0.462 e. The van der Waals surface area contributed by atoms with Gasteiger partial charge in [-0.2, -0.15) is 0 Å². The molecule has 0 spiro atoms. The molecule has 0 rings (SSSR count). The van der Waals surface area contributed by atoms with Gasteiger partial charge in [0.25, 0.3) is 0 Å². The maximum atomic E-state index is 12.9. The van der Waals surface area contributed by atoms with E-state index in [9.17, 15) is 14.4 Å². The summed E-state index contributed by atoms with van der Waals surface area (Å²) in [5, 5.41) is 0. The third kappa shape index (κ3) is 55.5. The Bertz CT molecular complexity index is 1350. The van der Waals surface area contributed by atoms with Crippen LogP contribution in [-0.2, 0) is 28.6 Å². The van der Waals surface area contributed by atoms with Gasteiger partial charge >= 0.3 is 17.9 Å². The standard InChI is InChI=1S/C64H110O6/c1-4-7-10-13-16-19-22-25-28-30-32-34-36-39-42-45-48-51-54-57-63(66)69-60-61(59-68-62(65)56-53-50-47-44-41-38-35-27-24-21-18-15-12-9-6-3)70-64(67)58-55-52-49-46-43-40-37-33-31-29-26-23-20-17-14-11-8-5-2/h17-18,20-21,23-24,26-27,29-33,37,61H,4-16,19,22,25,28,34-36,38-60H2,1-3H3/b20-17-,21-18-,26-23-,27-24-,31-29-,32-30-,37-33-. The van der Waals surface area contributed by atoms with E-state index in [1.165, 1.54) is 154 Å². The molecule has 1 unspecified atom stereocenters. The fourth-order valence-corrected chi connectivity index (χ4v) is 8.20. The molecule has 6 nitrogen and oxygen atoms in total. The van der Waals surface area contributed by atoms with Gasteiger partial charge < -0.3 is 14.2 Å². The molecule has 6 heteroatoms. The highest BCUT2D eigenvalue weighted by atomic mass is 16.6. The van der Waals surface area contributed by atoms with Crippen molar-refractivity contribution in [1.82, 2.24) is 0 Å². The Kier molecular flexibility index (Phi) is 55.3. The van der Waals surface area contributed by atoms with Crippen LogP contribution in [0.25, 0.3) is 0 Å². The molecular weight excluding hydrogens is 865 g/mol. The lowest BCUT2D eigenvalue weighted by molar-refractivity contribution is -0.167. The zero-order valence-electron chi connectivity index (χ0n) is 46.0. The molecular formula is C64H110O6. The summed E-state index contributed by atoms with van der Waals surface area (Å²) in [7, 11) is 0. The molecule has 1 atom stereocenters. The second-order valence-electron chi connectivity index (χ2n) is 19.7. The fourth-order valence-electron chi connectivity index (χ4n) is 8.20. The molecule has 402 valence electrons. The van der Waals surface area contributed by atoms with Gasteiger partial charge in [0.05, 0.1) is 0 Å². The Morgan fingerprint density at radius 2 is 0.529 bits per heavy atom. The Morgan fingerprint density at radius 1 is 0.286 bits per heavy atom. The zero-order valence-corrected chi connectivity index (χ0v) is 46.0. The SMILES string of the molecule is CCCCC\C=C/C=C\C=C/C=C\CCCCCCCC(=O)OC(COC(=O)CCCCCCCC/C=C\C=C/CCCCC)COC(=O)CCCCCCCCC/C=C\CCCCCCCCCC. The van der Waals surface area contributed by atoms with Crippen LogP contribution in [-0.4, -0.2) is 37.2 Å². The van der Waals surface area contributed by atoms with Crippen LogP contribution in [0.4, 0.5) is 0 Å². The molecule has 0 fully saturated rings. The smallest absolute Gasteiger partial charge is 0.306 e. The van der Waals surface area contributed by atoms with Gasteiger partial charge in [-0.25, -0.2) is 0 Å². The first-order valence-corrected chi connectivity index (χ1v) is 29.7. The van der Waals surface area contributed by atoms with Gasteiger partial charge in [-0.15, -0.1) is 0 Å². The highest BCUT2D eigenvalue weighted by molar-refractivity contribution is 5.71. The predicted octanol–water partition coefficient (Wildman–Crippen LogP) is 19.9. The van der Waals surface area contributed by atoms with Crippen LogP contribution in [0.2, 0.25) is 0 Å². The molecule has 0 aromatic rings. The molecule has 0 heterocycles. The van der Waals surface area contributed by atoms with Crippen LogP contribution < -0.4 is 0 Å². The molecule has 0 N–H and O–H groups in total. The Hall–Kier alpha value is -3.41. The summed E-state index contributed by atoms with van der Waals surface area (Å²) in [6.07, 6.45) is 75.6. The zero-order chi connectivity index (χ0) is 50.7. The van der Waals surface area contributed by atoms with Crippen LogP contribution in [0.5, 0.6) is 0 Å². The highest BCUT2D eigenvalue weighted by Crippen LogP contribution is 2.15. The monoisotopic (exact) mass is 975 g/mol. The van der Waals surface area contributed by atoms with E-state index in [2.05, 4.69) is 106 Å². The van der Waals surface area contributed by atoms with Gasteiger partial charge in [-0.05, 0) is 96.3 Å². The fraction of sp³-hybridized carbons (Fsp3) is 0.734. The van der Waals surface area contributed by atoms with Crippen LogP contribution in [0.15, 0.2) is 85.1 Å². The van der Waals surface area contributed by atoms with Crippen LogP contribution in [0, 0.1) is 0 Å². The number of esters is 3. The Labute approximate surface area is 433 Å². The molecule has 0 aliphatic heterocycles. The van der Waals surface area contributed by atoms with E-state index in [-0.39, 0.29) is 31.1 Å². The number of unbranched alkanes of at least 4 members (excludes halogenated alkanes) is 32. The Balaban J connectivity index is 4.45. The van der Waals surface area contributed by atoms with Crippen LogP contribution >= 0.6 is 0 Å². The van der Waals surface area contributed by atoms with Crippen molar-refractivity contribution in [3.05, 3.63) is 85.1 Å². The number of allylic oxidation sites excluding steroid dienone is 14. The van der Waals surface area contributed by atoms with Crippen molar-refractivity contribution in [3.8, 4) is 0 Å². The third-order valence-electron chi connectivity index (χ3n) is 12.7. The number of rotatable bonds is 53. The van der Waals surface area contributed by atoms with E-state index < -0.39 is 6.10 Å². The van der Waals surface area contributed by atoms with Crippen molar-refractivity contribution < 1.29 is 28.6 Å². The molecule has 0 saturated heterocycles. The van der Waals surface area contributed by atoms with E-state index in [1.807, 2.05) is 0 Å². The topological polar surface area (TPSA) is 78.9 Å².